The molecule has 0 unspecified atom stereocenters. The van der Waals surface area contributed by atoms with Crippen LogP contribution in [0, 0.1) is 13.8 Å². The third-order valence-electron chi connectivity index (χ3n) is 7.30. The molecular weight excluding hydrogens is 478 g/mol. The summed E-state index contributed by atoms with van der Waals surface area (Å²) in [6.45, 7) is 8.12. The molecule has 9 nitrogen and oxygen atoms in total. The van der Waals surface area contributed by atoms with Crippen molar-refractivity contribution in [2.45, 2.75) is 33.1 Å². The first-order valence-electron chi connectivity index (χ1n) is 12.7. The van der Waals surface area contributed by atoms with Gasteiger partial charge in [0.1, 0.15) is 5.82 Å². The molecule has 3 aliphatic rings. The number of hydrogen-bond donors (Lipinski definition) is 0. The zero-order valence-electron chi connectivity index (χ0n) is 20.9. The number of rotatable bonds is 4. The van der Waals surface area contributed by atoms with Gasteiger partial charge in [-0.1, -0.05) is 6.07 Å². The summed E-state index contributed by atoms with van der Waals surface area (Å²) in [5, 5.41) is 0. The lowest BCUT2D eigenvalue weighted by Crippen LogP contribution is -2.49. The van der Waals surface area contributed by atoms with Crippen molar-refractivity contribution in [1.82, 2.24) is 14.8 Å². The fourth-order valence-corrected chi connectivity index (χ4v) is 6.96. The van der Waals surface area contributed by atoms with Crippen LogP contribution in [0.2, 0.25) is 0 Å². The van der Waals surface area contributed by atoms with Gasteiger partial charge in [0.15, 0.2) is 0 Å². The Balaban J connectivity index is 1.39. The molecule has 0 radical (unpaired) electrons. The quantitative estimate of drug-likeness (QED) is 0.626. The third-order valence-corrected chi connectivity index (χ3v) is 9.17. The first-order chi connectivity index (χ1) is 17.2. The monoisotopic (exact) mass is 511 g/mol. The van der Waals surface area contributed by atoms with Crippen LogP contribution < -0.4 is 9.21 Å². The van der Waals surface area contributed by atoms with E-state index in [4.69, 9.17) is 0 Å². The number of aromatic nitrogens is 1. The molecule has 2 amide bonds. The number of benzene rings is 1. The van der Waals surface area contributed by atoms with Crippen molar-refractivity contribution in [3.8, 4) is 0 Å². The molecule has 3 saturated heterocycles. The summed E-state index contributed by atoms with van der Waals surface area (Å²) in [4.78, 5) is 37.4. The second kappa shape index (κ2) is 9.72. The summed E-state index contributed by atoms with van der Waals surface area (Å²) in [5.41, 5.74) is 3.31. The van der Waals surface area contributed by atoms with Crippen LogP contribution in [-0.4, -0.2) is 86.6 Å². The minimum atomic E-state index is -3.39. The number of pyridine rings is 1. The average molecular weight is 512 g/mol. The van der Waals surface area contributed by atoms with E-state index in [1.165, 1.54) is 4.31 Å². The minimum Gasteiger partial charge on any atom is -0.353 e. The minimum absolute atomic E-state index is 0.0999. The smallest absolute Gasteiger partial charge is 0.254 e. The molecule has 3 fully saturated rings. The van der Waals surface area contributed by atoms with Crippen molar-refractivity contribution in [3.63, 3.8) is 0 Å². The van der Waals surface area contributed by atoms with Gasteiger partial charge in [-0.05, 0) is 62.4 Å². The average Bonchev–Trinajstić information content (AvgIpc) is 3.52. The van der Waals surface area contributed by atoms with Crippen LogP contribution in [0.5, 0.6) is 0 Å². The Morgan fingerprint density at radius 1 is 0.806 bits per heavy atom. The summed E-state index contributed by atoms with van der Waals surface area (Å²) in [6.07, 6.45) is 4.28. The van der Waals surface area contributed by atoms with Crippen molar-refractivity contribution < 1.29 is 18.0 Å². The second-order valence-electron chi connectivity index (χ2n) is 9.90. The van der Waals surface area contributed by atoms with E-state index in [0.29, 0.717) is 69.0 Å². The van der Waals surface area contributed by atoms with Gasteiger partial charge in [-0.3, -0.25) is 13.9 Å². The molecular formula is C26H33N5O4S. The van der Waals surface area contributed by atoms with Gasteiger partial charge in [0, 0.05) is 52.0 Å². The van der Waals surface area contributed by atoms with Crippen molar-refractivity contribution in [3.05, 3.63) is 52.7 Å². The van der Waals surface area contributed by atoms with E-state index in [2.05, 4.69) is 16.0 Å². The highest BCUT2D eigenvalue weighted by atomic mass is 32.2. The number of hydrogen-bond acceptors (Lipinski definition) is 6. The number of carbonyl (C=O) groups excluding carboxylic acids is 2. The molecule has 192 valence electrons. The summed E-state index contributed by atoms with van der Waals surface area (Å²) < 4.78 is 26.4. The Morgan fingerprint density at radius 3 is 2.11 bits per heavy atom. The Hall–Kier alpha value is -3.14. The van der Waals surface area contributed by atoms with Gasteiger partial charge >= 0.3 is 0 Å². The highest BCUT2D eigenvalue weighted by Crippen LogP contribution is 2.29. The van der Waals surface area contributed by atoms with Crippen LogP contribution >= 0.6 is 0 Å². The lowest BCUT2D eigenvalue weighted by Gasteiger charge is -2.36. The van der Waals surface area contributed by atoms with Gasteiger partial charge in [0.2, 0.25) is 10.0 Å². The van der Waals surface area contributed by atoms with Crippen molar-refractivity contribution in [2.24, 2.45) is 0 Å². The molecule has 0 bridgehead atoms. The standard InChI is InChI=1S/C26H33N5O4S/c1-19-16-20(2)24(27-18-19)28-11-13-30(14-12-28)25(32)22-7-6-21(31-10-5-15-36(31,34)35)17-23(22)26(33)29-8-3-4-9-29/h6-7,16-18H,3-5,8-15H2,1-2H3. The van der Waals surface area contributed by atoms with Gasteiger partial charge < -0.3 is 14.7 Å². The van der Waals surface area contributed by atoms with E-state index in [1.54, 1.807) is 28.0 Å². The van der Waals surface area contributed by atoms with Gasteiger partial charge in [0.05, 0.1) is 22.6 Å². The Bertz CT molecular complexity index is 1280. The maximum Gasteiger partial charge on any atom is 0.254 e. The number of amides is 2. The molecule has 0 atom stereocenters. The van der Waals surface area contributed by atoms with Gasteiger partial charge in [-0.25, -0.2) is 13.4 Å². The molecule has 10 heteroatoms. The molecule has 0 saturated carbocycles. The summed E-state index contributed by atoms with van der Waals surface area (Å²) in [6, 6.07) is 7.00. The van der Waals surface area contributed by atoms with E-state index < -0.39 is 10.0 Å². The SMILES string of the molecule is Cc1cnc(N2CCN(C(=O)c3ccc(N4CCCS4(=O)=O)cc3C(=O)N3CCCC3)CC2)c(C)c1. The maximum atomic E-state index is 13.6. The first-order valence-corrected chi connectivity index (χ1v) is 14.3. The van der Waals surface area contributed by atoms with Crippen molar-refractivity contribution in [2.75, 3.05) is 60.8 Å². The molecule has 1 aromatic carbocycles. The molecule has 36 heavy (non-hydrogen) atoms. The fraction of sp³-hybridized carbons (Fsp3) is 0.500. The first kappa shape index (κ1) is 24.5. The lowest BCUT2D eigenvalue weighted by atomic mass is 10.0. The zero-order valence-corrected chi connectivity index (χ0v) is 21.8. The van der Waals surface area contributed by atoms with E-state index in [-0.39, 0.29) is 17.6 Å². The maximum absolute atomic E-state index is 13.6. The predicted molar refractivity (Wildman–Crippen MR) is 139 cm³/mol. The summed E-state index contributed by atoms with van der Waals surface area (Å²) >= 11 is 0. The predicted octanol–water partition coefficient (Wildman–Crippen LogP) is 2.44. The van der Waals surface area contributed by atoms with Gasteiger partial charge in [0.25, 0.3) is 11.8 Å². The lowest BCUT2D eigenvalue weighted by molar-refractivity contribution is 0.0724. The normalized spacial score (nSPS) is 19.7. The zero-order chi connectivity index (χ0) is 25.4. The van der Waals surface area contributed by atoms with Crippen LogP contribution in [0.4, 0.5) is 11.5 Å². The van der Waals surface area contributed by atoms with Crippen molar-refractivity contribution in [1.29, 1.82) is 0 Å². The molecule has 0 spiro atoms. The highest BCUT2D eigenvalue weighted by Gasteiger charge is 2.33. The fourth-order valence-electron chi connectivity index (χ4n) is 5.40. The molecule has 5 rings (SSSR count). The molecule has 0 N–H and O–H groups in total. The van der Waals surface area contributed by atoms with Gasteiger partial charge in [-0.2, -0.15) is 0 Å². The largest absolute Gasteiger partial charge is 0.353 e. The van der Waals surface area contributed by atoms with Crippen LogP contribution in [-0.2, 0) is 10.0 Å². The number of carbonyl (C=O) groups is 2. The Morgan fingerprint density at radius 2 is 1.47 bits per heavy atom. The van der Waals surface area contributed by atoms with Crippen LogP contribution in [0.3, 0.4) is 0 Å². The highest BCUT2D eigenvalue weighted by molar-refractivity contribution is 7.93. The number of nitrogens with zero attached hydrogens (tertiary/aromatic N) is 5. The molecule has 4 heterocycles. The number of aryl methyl sites for hydroxylation is 2. The summed E-state index contributed by atoms with van der Waals surface area (Å²) in [7, 11) is -3.39. The van der Waals surface area contributed by atoms with E-state index in [9.17, 15) is 18.0 Å². The molecule has 0 aliphatic carbocycles. The number of piperazine rings is 1. The van der Waals surface area contributed by atoms with Crippen LogP contribution in [0.15, 0.2) is 30.5 Å². The number of anilines is 2. The van der Waals surface area contributed by atoms with Crippen molar-refractivity contribution >= 4 is 33.3 Å². The van der Waals surface area contributed by atoms with Crippen LogP contribution in [0.1, 0.15) is 51.1 Å². The number of sulfonamides is 1. The van der Waals surface area contributed by atoms with E-state index >= 15 is 0 Å². The Labute approximate surface area is 212 Å². The second-order valence-corrected chi connectivity index (χ2v) is 11.9. The number of likely N-dealkylation sites (tertiary alicyclic amines) is 1. The summed E-state index contributed by atoms with van der Waals surface area (Å²) in [5.74, 6) is 0.644. The third kappa shape index (κ3) is 4.66. The molecule has 3 aliphatic heterocycles. The van der Waals surface area contributed by atoms with Crippen LogP contribution in [0.25, 0.3) is 0 Å². The van der Waals surface area contributed by atoms with Gasteiger partial charge in [-0.15, -0.1) is 0 Å². The Kier molecular flexibility index (Phi) is 6.63. The van der Waals surface area contributed by atoms with E-state index in [1.807, 2.05) is 20.0 Å². The molecule has 2 aromatic rings. The molecule has 1 aromatic heterocycles. The topological polar surface area (TPSA) is 94.1 Å². The van der Waals surface area contributed by atoms with E-state index in [0.717, 1.165) is 29.8 Å².